The summed E-state index contributed by atoms with van der Waals surface area (Å²) in [5.74, 6) is 1.88. The van der Waals surface area contributed by atoms with E-state index in [4.69, 9.17) is 19.4 Å². The highest BCUT2D eigenvalue weighted by Crippen LogP contribution is 2.42. The van der Waals surface area contributed by atoms with Crippen molar-refractivity contribution in [2.24, 2.45) is 5.16 Å². The average molecular weight is 301 g/mol. The minimum atomic E-state index is 0.483. The van der Waals surface area contributed by atoms with E-state index in [1.807, 2.05) is 30.3 Å². The van der Waals surface area contributed by atoms with Gasteiger partial charge in [0.15, 0.2) is 11.5 Å². The van der Waals surface area contributed by atoms with Crippen LogP contribution in [-0.2, 0) is 0 Å². The van der Waals surface area contributed by atoms with Crippen molar-refractivity contribution in [1.82, 2.24) is 0 Å². The summed E-state index contributed by atoms with van der Waals surface area (Å²) < 4.78 is 16.3. The van der Waals surface area contributed by atoms with Crippen LogP contribution in [0.3, 0.4) is 0 Å². The van der Waals surface area contributed by atoms with Crippen LogP contribution in [-0.4, -0.2) is 32.2 Å². The summed E-state index contributed by atoms with van der Waals surface area (Å²) in [5, 5.41) is 12.3. The predicted octanol–water partition coefficient (Wildman–Crippen LogP) is 3.58. The SMILES string of the molecule is COc1ccccc1-c1cc(/C(C)=N/O)cc(OC)c1OC. The molecule has 0 aliphatic heterocycles. The zero-order valence-electron chi connectivity index (χ0n) is 13.1. The predicted molar refractivity (Wildman–Crippen MR) is 85.5 cm³/mol. The molecule has 5 nitrogen and oxygen atoms in total. The van der Waals surface area contributed by atoms with Crippen LogP contribution in [0.25, 0.3) is 11.1 Å². The van der Waals surface area contributed by atoms with Crippen LogP contribution in [0, 0.1) is 0 Å². The number of hydrogen-bond donors (Lipinski definition) is 1. The molecule has 2 aromatic rings. The standard InChI is InChI=1S/C17H19NO4/c1-11(18-19)12-9-14(17(22-4)16(10-12)21-3)13-7-5-6-8-15(13)20-2/h5-10,19H,1-4H3/b18-11+. The molecule has 0 fully saturated rings. The van der Waals surface area contributed by atoms with Crippen molar-refractivity contribution in [2.45, 2.75) is 6.92 Å². The van der Waals surface area contributed by atoms with Crippen molar-refractivity contribution < 1.29 is 19.4 Å². The Kier molecular flexibility index (Phi) is 4.88. The van der Waals surface area contributed by atoms with Gasteiger partial charge in [0.1, 0.15) is 5.75 Å². The molecule has 0 radical (unpaired) electrons. The summed E-state index contributed by atoms with van der Waals surface area (Å²) in [6, 6.07) is 11.3. The largest absolute Gasteiger partial charge is 0.496 e. The van der Waals surface area contributed by atoms with Gasteiger partial charge in [-0.1, -0.05) is 23.4 Å². The van der Waals surface area contributed by atoms with Gasteiger partial charge in [0.2, 0.25) is 0 Å². The summed E-state index contributed by atoms with van der Waals surface area (Å²) in [7, 11) is 4.77. The average Bonchev–Trinajstić information content (AvgIpc) is 2.59. The third kappa shape index (κ3) is 2.83. The molecule has 0 amide bonds. The van der Waals surface area contributed by atoms with Gasteiger partial charge in [-0.25, -0.2) is 0 Å². The first-order chi connectivity index (χ1) is 10.7. The topological polar surface area (TPSA) is 60.3 Å². The quantitative estimate of drug-likeness (QED) is 0.521. The Morgan fingerprint density at radius 1 is 0.909 bits per heavy atom. The number of benzene rings is 2. The van der Waals surface area contributed by atoms with E-state index in [0.29, 0.717) is 17.2 Å². The Labute approximate surface area is 129 Å². The lowest BCUT2D eigenvalue weighted by Crippen LogP contribution is -2.01. The molecule has 0 aromatic heterocycles. The monoisotopic (exact) mass is 301 g/mol. The van der Waals surface area contributed by atoms with Crippen molar-refractivity contribution in [3.8, 4) is 28.4 Å². The summed E-state index contributed by atoms with van der Waals surface area (Å²) in [5.41, 5.74) is 2.89. The fourth-order valence-electron chi connectivity index (χ4n) is 2.30. The molecular formula is C17H19NO4. The molecule has 0 heterocycles. The minimum absolute atomic E-state index is 0.483. The second kappa shape index (κ2) is 6.85. The maximum Gasteiger partial charge on any atom is 0.168 e. The van der Waals surface area contributed by atoms with Crippen LogP contribution in [0.1, 0.15) is 12.5 Å². The number of oxime groups is 1. The normalized spacial score (nSPS) is 11.2. The van der Waals surface area contributed by atoms with Crippen LogP contribution >= 0.6 is 0 Å². The van der Waals surface area contributed by atoms with E-state index >= 15 is 0 Å². The molecule has 0 bridgehead atoms. The number of para-hydroxylation sites is 1. The molecular weight excluding hydrogens is 282 g/mol. The smallest absolute Gasteiger partial charge is 0.168 e. The summed E-state index contributed by atoms with van der Waals surface area (Å²) >= 11 is 0. The van der Waals surface area contributed by atoms with Gasteiger partial charge in [-0.15, -0.1) is 0 Å². The van der Waals surface area contributed by atoms with Crippen LogP contribution in [0.5, 0.6) is 17.2 Å². The molecule has 0 atom stereocenters. The first kappa shape index (κ1) is 15.7. The highest BCUT2D eigenvalue weighted by Gasteiger charge is 2.18. The molecule has 0 unspecified atom stereocenters. The van der Waals surface area contributed by atoms with E-state index in [9.17, 15) is 0 Å². The van der Waals surface area contributed by atoms with Gasteiger partial charge >= 0.3 is 0 Å². The second-order valence-corrected chi connectivity index (χ2v) is 4.65. The van der Waals surface area contributed by atoms with E-state index in [0.717, 1.165) is 22.4 Å². The van der Waals surface area contributed by atoms with Crippen molar-refractivity contribution in [3.05, 3.63) is 42.0 Å². The molecule has 22 heavy (non-hydrogen) atoms. The van der Waals surface area contributed by atoms with Gasteiger partial charge in [-0.2, -0.15) is 0 Å². The first-order valence-electron chi connectivity index (χ1n) is 6.74. The number of nitrogens with zero attached hydrogens (tertiary/aromatic N) is 1. The number of methoxy groups -OCH3 is 3. The molecule has 0 saturated heterocycles. The van der Waals surface area contributed by atoms with Crippen LogP contribution < -0.4 is 14.2 Å². The van der Waals surface area contributed by atoms with Crippen LogP contribution in [0.4, 0.5) is 0 Å². The lowest BCUT2D eigenvalue weighted by atomic mass is 9.98. The summed E-state index contributed by atoms with van der Waals surface area (Å²) in [4.78, 5) is 0. The van der Waals surface area contributed by atoms with Crippen molar-refractivity contribution in [3.63, 3.8) is 0 Å². The summed E-state index contributed by atoms with van der Waals surface area (Å²) in [6.07, 6.45) is 0. The van der Waals surface area contributed by atoms with E-state index < -0.39 is 0 Å². The van der Waals surface area contributed by atoms with Crippen molar-refractivity contribution >= 4 is 5.71 Å². The van der Waals surface area contributed by atoms with E-state index in [1.165, 1.54) is 0 Å². The highest BCUT2D eigenvalue weighted by atomic mass is 16.5. The highest BCUT2D eigenvalue weighted by molar-refractivity contribution is 6.00. The first-order valence-corrected chi connectivity index (χ1v) is 6.74. The Morgan fingerprint density at radius 3 is 2.18 bits per heavy atom. The molecule has 0 aliphatic carbocycles. The van der Waals surface area contributed by atoms with Crippen LogP contribution in [0.15, 0.2) is 41.6 Å². The Bertz CT molecular complexity index is 695. The Morgan fingerprint density at radius 2 is 1.59 bits per heavy atom. The van der Waals surface area contributed by atoms with Gasteiger partial charge in [0.25, 0.3) is 0 Å². The van der Waals surface area contributed by atoms with Crippen molar-refractivity contribution in [2.75, 3.05) is 21.3 Å². The molecule has 2 rings (SSSR count). The van der Waals surface area contributed by atoms with Gasteiger partial charge in [-0.05, 0) is 25.1 Å². The van der Waals surface area contributed by atoms with Gasteiger partial charge in [0, 0.05) is 16.7 Å². The molecule has 0 aliphatic rings. The van der Waals surface area contributed by atoms with Crippen molar-refractivity contribution in [1.29, 1.82) is 0 Å². The number of hydrogen-bond acceptors (Lipinski definition) is 5. The third-order valence-corrected chi connectivity index (χ3v) is 3.44. The van der Waals surface area contributed by atoms with E-state index in [2.05, 4.69) is 5.16 Å². The van der Waals surface area contributed by atoms with Gasteiger partial charge < -0.3 is 19.4 Å². The molecule has 0 saturated carbocycles. The Hall–Kier alpha value is -2.69. The van der Waals surface area contributed by atoms with Gasteiger partial charge in [-0.3, -0.25) is 0 Å². The lowest BCUT2D eigenvalue weighted by molar-refractivity contribution is 0.319. The maximum absolute atomic E-state index is 9.03. The molecule has 0 spiro atoms. The molecule has 5 heteroatoms. The zero-order chi connectivity index (χ0) is 16.1. The zero-order valence-corrected chi connectivity index (χ0v) is 13.1. The number of rotatable bonds is 5. The molecule has 2 aromatic carbocycles. The third-order valence-electron chi connectivity index (χ3n) is 3.44. The van der Waals surface area contributed by atoms with E-state index in [-0.39, 0.29) is 0 Å². The molecule has 116 valence electrons. The fraction of sp³-hybridized carbons (Fsp3) is 0.235. The Balaban J connectivity index is 2.77. The van der Waals surface area contributed by atoms with Crippen LogP contribution in [0.2, 0.25) is 0 Å². The lowest BCUT2D eigenvalue weighted by Gasteiger charge is -2.16. The summed E-state index contributed by atoms with van der Waals surface area (Å²) in [6.45, 7) is 1.72. The second-order valence-electron chi connectivity index (χ2n) is 4.65. The number of ether oxygens (including phenoxy) is 3. The maximum atomic E-state index is 9.03. The van der Waals surface area contributed by atoms with E-state index in [1.54, 1.807) is 34.3 Å². The molecule has 1 N–H and O–H groups in total. The van der Waals surface area contributed by atoms with Gasteiger partial charge in [0.05, 0.1) is 27.0 Å². The fourth-order valence-corrected chi connectivity index (χ4v) is 2.30. The minimum Gasteiger partial charge on any atom is -0.496 e.